The van der Waals surface area contributed by atoms with Crippen molar-refractivity contribution in [2.24, 2.45) is 5.73 Å². The van der Waals surface area contributed by atoms with Crippen LogP contribution in [0.1, 0.15) is 37.9 Å². The first-order valence-corrected chi connectivity index (χ1v) is 8.34. The van der Waals surface area contributed by atoms with Gasteiger partial charge in [0.2, 0.25) is 5.89 Å². The number of benzene rings is 1. The quantitative estimate of drug-likeness (QED) is 0.794. The minimum Gasteiger partial charge on any atom is -0.339 e. The average molecular weight is 356 g/mol. The van der Waals surface area contributed by atoms with Crippen molar-refractivity contribution in [3.63, 3.8) is 0 Å². The van der Waals surface area contributed by atoms with Crippen LogP contribution in [-0.4, -0.2) is 16.2 Å². The second-order valence-electron chi connectivity index (χ2n) is 4.67. The normalized spacial score (nSPS) is 14.2. The van der Waals surface area contributed by atoms with Gasteiger partial charge < -0.3 is 10.3 Å². The van der Waals surface area contributed by atoms with E-state index in [9.17, 15) is 0 Å². The Bertz CT molecular complexity index is 542. The van der Waals surface area contributed by atoms with Gasteiger partial charge in [-0.05, 0) is 37.6 Å². The number of rotatable bonds is 6. The Labute approximate surface area is 131 Å². The molecule has 6 heteroatoms. The van der Waals surface area contributed by atoms with Crippen LogP contribution >= 0.6 is 27.7 Å². The molecule has 0 aliphatic heterocycles. The first-order valence-electron chi connectivity index (χ1n) is 6.56. The molecule has 0 fully saturated rings. The summed E-state index contributed by atoms with van der Waals surface area (Å²) in [7, 11) is 0. The monoisotopic (exact) mass is 355 g/mol. The molecule has 2 atom stereocenters. The molecule has 20 heavy (non-hydrogen) atoms. The van der Waals surface area contributed by atoms with Crippen molar-refractivity contribution in [1.29, 1.82) is 0 Å². The van der Waals surface area contributed by atoms with Crippen LogP contribution in [0.3, 0.4) is 0 Å². The summed E-state index contributed by atoms with van der Waals surface area (Å²) in [6, 6.07) is 8.19. The van der Waals surface area contributed by atoms with E-state index in [0.29, 0.717) is 17.5 Å². The number of hydrogen-bond donors (Lipinski definition) is 1. The smallest absolute Gasteiger partial charge is 0.231 e. The lowest BCUT2D eigenvalue weighted by molar-refractivity contribution is 0.331. The van der Waals surface area contributed by atoms with Crippen LogP contribution in [0, 0.1) is 0 Å². The van der Waals surface area contributed by atoms with Crippen LogP contribution in [0.5, 0.6) is 0 Å². The highest BCUT2D eigenvalue weighted by Crippen LogP contribution is 2.25. The van der Waals surface area contributed by atoms with Gasteiger partial charge in [-0.25, -0.2) is 0 Å². The van der Waals surface area contributed by atoms with Gasteiger partial charge in [0.25, 0.3) is 0 Å². The highest BCUT2D eigenvalue weighted by Gasteiger charge is 2.20. The van der Waals surface area contributed by atoms with Crippen molar-refractivity contribution >= 4 is 27.7 Å². The molecule has 0 aliphatic carbocycles. The molecule has 1 aromatic carbocycles. The van der Waals surface area contributed by atoms with Gasteiger partial charge in [0.05, 0.1) is 11.7 Å². The van der Waals surface area contributed by atoms with Crippen LogP contribution in [-0.2, 0) is 5.75 Å². The summed E-state index contributed by atoms with van der Waals surface area (Å²) < 4.78 is 6.40. The van der Waals surface area contributed by atoms with Crippen molar-refractivity contribution in [3.8, 4) is 0 Å². The summed E-state index contributed by atoms with van der Waals surface area (Å²) >= 11 is 5.11. The molecule has 0 aliphatic rings. The third kappa shape index (κ3) is 4.07. The number of nitrogens with two attached hydrogens (primary N) is 1. The molecular weight excluding hydrogens is 338 g/mol. The van der Waals surface area contributed by atoms with Gasteiger partial charge in [-0.1, -0.05) is 28.0 Å². The first-order chi connectivity index (χ1) is 9.60. The Kier molecular flexibility index (Phi) is 5.63. The van der Waals surface area contributed by atoms with E-state index in [1.54, 1.807) is 11.8 Å². The van der Waals surface area contributed by atoms with E-state index >= 15 is 0 Å². The molecule has 0 amide bonds. The number of aromatic nitrogens is 2. The second kappa shape index (κ2) is 7.24. The Morgan fingerprint density at radius 3 is 2.65 bits per heavy atom. The predicted octanol–water partition coefficient (Wildman–Crippen LogP) is 3.97. The SMILES string of the molecule is CCC(c1nc(CSc2ccc(Br)cc2)no1)C(C)N. The molecule has 0 bridgehead atoms. The summed E-state index contributed by atoms with van der Waals surface area (Å²) in [5, 5.41) is 4.03. The van der Waals surface area contributed by atoms with E-state index in [-0.39, 0.29) is 12.0 Å². The Balaban J connectivity index is 1.97. The third-order valence-corrected chi connectivity index (χ3v) is 4.59. The number of hydrogen-bond acceptors (Lipinski definition) is 5. The molecule has 2 unspecified atom stereocenters. The summed E-state index contributed by atoms with van der Waals surface area (Å²) in [6.45, 7) is 4.04. The molecule has 108 valence electrons. The standard InChI is InChI=1S/C14H18BrN3OS/c1-3-12(9(2)16)14-17-13(18-19-14)8-20-11-6-4-10(15)5-7-11/h4-7,9,12H,3,8,16H2,1-2H3. The average Bonchev–Trinajstić information content (AvgIpc) is 2.87. The third-order valence-electron chi connectivity index (χ3n) is 3.06. The fraction of sp³-hybridized carbons (Fsp3) is 0.429. The fourth-order valence-corrected chi connectivity index (χ4v) is 2.93. The van der Waals surface area contributed by atoms with Crippen molar-refractivity contribution in [2.45, 2.75) is 42.9 Å². The van der Waals surface area contributed by atoms with E-state index in [4.69, 9.17) is 10.3 Å². The molecule has 0 saturated carbocycles. The van der Waals surface area contributed by atoms with Crippen molar-refractivity contribution in [2.75, 3.05) is 0 Å². The van der Waals surface area contributed by atoms with E-state index in [1.165, 1.54) is 4.90 Å². The predicted molar refractivity (Wildman–Crippen MR) is 84.7 cm³/mol. The Hall–Kier alpha value is -0.850. The maximum Gasteiger partial charge on any atom is 0.231 e. The summed E-state index contributed by atoms with van der Waals surface area (Å²) in [4.78, 5) is 5.63. The minimum absolute atomic E-state index is 0.0208. The zero-order chi connectivity index (χ0) is 14.5. The first kappa shape index (κ1) is 15.5. The Morgan fingerprint density at radius 1 is 1.35 bits per heavy atom. The number of thioether (sulfide) groups is 1. The zero-order valence-corrected chi connectivity index (χ0v) is 13.9. The van der Waals surface area contributed by atoms with E-state index < -0.39 is 0 Å². The zero-order valence-electron chi connectivity index (χ0n) is 11.5. The highest BCUT2D eigenvalue weighted by molar-refractivity contribution is 9.10. The van der Waals surface area contributed by atoms with Gasteiger partial charge in [-0.15, -0.1) is 11.8 Å². The largest absolute Gasteiger partial charge is 0.339 e. The van der Waals surface area contributed by atoms with E-state index in [2.05, 4.69) is 45.1 Å². The van der Waals surface area contributed by atoms with E-state index in [1.807, 2.05) is 19.1 Å². The molecule has 0 saturated heterocycles. The lowest BCUT2D eigenvalue weighted by atomic mass is 9.99. The number of nitrogens with zero attached hydrogens (tertiary/aromatic N) is 2. The maximum atomic E-state index is 5.93. The summed E-state index contributed by atoms with van der Waals surface area (Å²) in [5.41, 5.74) is 5.93. The summed E-state index contributed by atoms with van der Waals surface area (Å²) in [6.07, 6.45) is 0.902. The van der Waals surface area contributed by atoms with Gasteiger partial charge in [0.15, 0.2) is 5.82 Å². The van der Waals surface area contributed by atoms with Crippen molar-refractivity contribution < 1.29 is 4.52 Å². The molecule has 1 aromatic heterocycles. The molecule has 2 rings (SSSR count). The van der Waals surface area contributed by atoms with Crippen LogP contribution in [0.2, 0.25) is 0 Å². The van der Waals surface area contributed by atoms with Gasteiger partial charge in [0, 0.05) is 15.4 Å². The van der Waals surface area contributed by atoms with Crippen LogP contribution in [0.4, 0.5) is 0 Å². The molecule has 1 heterocycles. The van der Waals surface area contributed by atoms with E-state index in [0.717, 1.165) is 10.9 Å². The minimum atomic E-state index is 0.0208. The molecular formula is C14H18BrN3OS. The molecule has 2 N–H and O–H groups in total. The molecule has 0 radical (unpaired) electrons. The lowest BCUT2D eigenvalue weighted by Crippen LogP contribution is -2.24. The van der Waals surface area contributed by atoms with Gasteiger partial charge in [-0.3, -0.25) is 0 Å². The molecule has 0 spiro atoms. The van der Waals surface area contributed by atoms with Crippen LogP contribution in [0.15, 0.2) is 38.2 Å². The molecule has 2 aromatic rings. The number of halogens is 1. The maximum absolute atomic E-state index is 5.93. The van der Waals surface area contributed by atoms with Gasteiger partial charge in [-0.2, -0.15) is 4.98 Å². The van der Waals surface area contributed by atoms with Crippen LogP contribution in [0.25, 0.3) is 0 Å². The highest BCUT2D eigenvalue weighted by atomic mass is 79.9. The topological polar surface area (TPSA) is 64.9 Å². The van der Waals surface area contributed by atoms with Crippen molar-refractivity contribution in [1.82, 2.24) is 10.1 Å². The second-order valence-corrected chi connectivity index (χ2v) is 6.63. The van der Waals surface area contributed by atoms with Gasteiger partial charge in [0.1, 0.15) is 0 Å². The van der Waals surface area contributed by atoms with Gasteiger partial charge >= 0.3 is 0 Å². The lowest BCUT2D eigenvalue weighted by Gasteiger charge is -2.13. The fourth-order valence-electron chi connectivity index (χ4n) is 1.93. The summed E-state index contributed by atoms with van der Waals surface area (Å²) in [5.74, 6) is 2.19. The van der Waals surface area contributed by atoms with Crippen molar-refractivity contribution in [3.05, 3.63) is 40.5 Å². The molecule has 4 nitrogen and oxygen atoms in total. The van der Waals surface area contributed by atoms with Crippen LogP contribution < -0.4 is 5.73 Å². The Morgan fingerprint density at radius 2 is 2.05 bits per heavy atom.